The minimum Gasteiger partial charge on any atom is -0.465 e. The average molecular weight is 461 g/mol. The summed E-state index contributed by atoms with van der Waals surface area (Å²) in [6, 6.07) is 7.59. The van der Waals surface area contributed by atoms with Crippen LogP contribution in [0.25, 0.3) is 11.0 Å². The number of ether oxygens (including phenoxy) is 1. The van der Waals surface area contributed by atoms with Crippen LogP contribution < -0.4 is 0 Å². The van der Waals surface area contributed by atoms with Gasteiger partial charge in [-0.1, -0.05) is 34.1 Å². The zero-order valence-corrected chi connectivity index (χ0v) is 18.3. The molecule has 4 aliphatic carbocycles. The minimum absolute atomic E-state index is 0.193. The van der Waals surface area contributed by atoms with Crippen molar-refractivity contribution in [3.8, 4) is 0 Å². The number of rotatable bonds is 7. The predicted molar refractivity (Wildman–Crippen MR) is 115 cm³/mol. The van der Waals surface area contributed by atoms with E-state index in [1.54, 1.807) is 0 Å². The summed E-state index contributed by atoms with van der Waals surface area (Å²) in [5.41, 5.74) is 1.92. The Balaban J connectivity index is 1.20. The Labute approximate surface area is 180 Å². The fraction of sp³-hybridized carbons (Fsp3) is 0.625. The molecule has 4 saturated carbocycles. The van der Waals surface area contributed by atoms with Crippen LogP contribution in [0.4, 0.5) is 0 Å². The van der Waals surface area contributed by atoms with Crippen LogP contribution in [0.5, 0.6) is 0 Å². The van der Waals surface area contributed by atoms with Gasteiger partial charge in [-0.2, -0.15) is 0 Å². The van der Waals surface area contributed by atoms with Crippen molar-refractivity contribution in [2.45, 2.75) is 57.5 Å². The van der Waals surface area contributed by atoms with Crippen LogP contribution in [0.15, 0.2) is 28.7 Å². The summed E-state index contributed by atoms with van der Waals surface area (Å²) in [4.78, 5) is 12.5. The summed E-state index contributed by atoms with van der Waals surface area (Å²) in [6.45, 7) is 0.534. The van der Waals surface area contributed by atoms with E-state index in [0.29, 0.717) is 28.7 Å². The molecule has 2 aromatic rings. The average Bonchev–Trinajstić information content (AvgIpc) is 3.11. The first-order valence-corrected chi connectivity index (χ1v) is 12.1. The Morgan fingerprint density at radius 1 is 1.21 bits per heavy atom. The zero-order valence-electron chi connectivity index (χ0n) is 16.7. The topological polar surface area (TPSA) is 59.7 Å². The van der Waals surface area contributed by atoms with E-state index >= 15 is 0 Å². The third-order valence-corrected chi connectivity index (χ3v) is 8.13. The van der Waals surface area contributed by atoms with Gasteiger partial charge >= 0.3 is 5.97 Å². The highest BCUT2D eigenvalue weighted by Crippen LogP contribution is 2.61. The Morgan fingerprint density at radius 3 is 2.55 bits per heavy atom. The van der Waals surface area contributed by atoms with Crippen molar-refractivity contribution >= 4 is 32.9 Å². The molecular weight excluding hydrogens is 432 g/mol. The number of fused-ring (bicyclic) bond motifs is 1. The summed E-state index contributed by atoms with van der Waals surface area (Å²) >= 11 is 3.27. The fourth-order valence-electron chi connectivity index (χ4n) is 6.71. The standard InChI is InChI=1S/C24H29BrO4/c25-14-20(26)21-9-18-2-1-3-19(23(18)29-21)10-22(27)28-5-4-24-11-15-6-16(12-24)8-17(7-15)13-24/h1-3,9,15-17,20,26H,4-8,10-14H2. The summed E-state index contributed by atoms with van der Waals surface area (Å²) in [6.07, 6.45) is 8.91. The summed E-state index contributed by atoms with van der Waals surface area (Å²) in [5.74, 6) is 3.11. The van der Waals surface area contributed by atoms with E-state index in [4.69, 9.17) is 9.15 Å². The molecular formula is C24H29BrO4. The van der Waals surface area contributed by atoms with Crippen LogP contribution in [0.3, 0.4) is 0 Å². The highest BCUT2D eigenvalue weighted by molar-refractivity contribution is 9.09. The van der Waals surface area contributed by atoms with Crippen molar-refractivity contribution < 1.29 is 19.1 Å². The number of hydrogen-bond acceptors (Lipinski definition) is 4. The van der Waals surface area contributed by atoms with Crippen LogP contribution in [0.1, 0.15) is 62.4 Å². The number of aliphatic hydroxyl groups excluding tert-OH is 1. The SMILES string of the molecule is O=C(Cc1cccc2cc(C(O)CBr)oc12)OCCC12CC3CC(CC(C3)C1)C2. The van der Waals surface area contributed by atoms with E-state index in [1.165, 1.54) is 38.5 Å². The van der Waals surface area contributed by atoms with E-state index in [2.05, 4.69) is 15.9 Å². The van der Waals surface area contributed by atoms with E-state index < -0.39 is 6.10 Å². The van der Waals surface area contributed by atoms with Crippen molar-refractivity contribution in [1.82, 2.24) is 0 Å². The summed E-state index contributed by atoms with van der Waals surface area (Å²) in [7, 11) is 0. The molecule has 0 saturated heterocycles. The van der Waals surface area contributed by atoms with Crippen molar-refractivity contribution in [2.75, 3.05) is 11.9 Å². The first kappa shape index (κ1) is 19.6. The number of alkyl halides is 1. The Bertz CT molecular complexity index is 866. The number of esters is 1. The number of para-hydroxylation sites is 1. The van der Waals surface area contributed by atoms with Gasteiger partial charge in [-0.15, -0.1) is 0 Å². The summed E-state index contributed by atoms with van der Waals surface area (Å²) in [5, 5.41) is 11.3. The molecule has 0 spiro atoms. The first-order chi connectivity index (χ1) is 14.0. The Kier molecular flexibility index (Phi) is 5.23. The van der Waals surface area contributed by atoms with Crippen molar-refractivity contribution in [2.24, 2.45) is 23.2 Å². The van der Waals surface area contributed by atoms with E-state index in [0.717, 1.165) is 35.1 Å². The lowest BCUT2D eigenvalue weighted by Crippen LogP contribution is -2.46. The molecule has 6 rings (SSSR count). The van der Waals surface area contributed by atoms with Gasteiger partial charge in [-0.3, -0.25) is 4.79 Å². The van der Waals surface area contributed by atoms with Gasteiger partial charge in [0.2, 0.25) is 0 Å². The molecule has 5 heteroatoms. The smallest absolute Gasteiger partial charge is 0.310 e. The number of carbonyl (C=O) groups excluding carboxylic acids is 1. The molecule has 0 amide bonds. The van der Waals surface area contributed by atoms with E-state index in [-0.39, 0.29) is 12.4 Å². The number of furan rings is 1. The number of aliphatic hydroxyl groups is 1. The van der Waals surface area contributed by atoms with Crippen LogP contribution in [-0.2, 0) is 16.0 Å². The lowest BCUT2D eigenvalue weighted by atomic mass is 9.49. The van der Waals surface area contributed by atoms with E-state index in [9.17, 15) is 9.90 Å². The van der Waals surface area contributed by atoms with Gasteiger partial charge in [-0.25, -0.2) is 0 Å². The second kappa shape index (κ2) is 7.73. The Hall–Kier alpha value is -1.33. The molecule has 0 radical (unpaired) electrons. The molecule has 4 aliphatic rings. The van der Waals surface area contributed by atoms with Crippen LogP contribution >= 0.6 is 15.9 Å². The molecule has 4 bridgehead atoms. The van der Waals surface area contributed by atoms with Gasteiger partial charge in [-0.05, 0) is 74.2 Å². The lowest BCUT2D eigenvalue weighted by Gasteiger charge is -2.57. The van der Waals surface area contributed by atoms with Gasteiger partial charge in [0.15, 0.2) is 0 Å². The molecule has 1 unspecified atom stereocenters. The fourth-order valence-corrected chi connectivity index (χ4v) is 7.03. The first-order valence-electron chi connectivity index (χ1n) is 10.9. The molecule has 4 nitrogen and oxygen atoms in total. The molecule has 1 aromatic heterocycles. The number of halogens is 1. The van der Waals surface area contributed by atoms with Gasteiger partial charge in [0.05, 0.1) is 13.0 Å². The van der Waals surface area contributed by atoms with Crippen molar-refractivity contribution in [1.29, 1.82) is 0 Å². The third kappa shape index (κ3) is 3.88. The molecule has 29 heavy (non-hydrogen) atoms. The number of hydrogen-bond donors (Lipinski definition) is 1. The van der Waals surface area contributed by atoms with Gasteiger partial charge in [0, 0.05) is 16.3 Å². The predicted octanol–water partition coefficient (Wildman–Crippen LogP) is 5.55. The molecule has 1 N–H and O–H groups in total. The molecule has 1 heterocycles. The van der Waals surface area contributed by atoms with Crippen LogP contribution in [0, 0.1) is 23.2 Å². The maximum Gasteiger partial charge on any atom is 0.310 e. The number of carbonyl (C=O) groups is 1. The van der Waals surface area contributed by atoms with Crippen molar-refractivity contribution in [3.63, 3.8) is 0 Å². The van der Waals surface area contributed by atoms with Crippen molar-refractivity contribution in [3.05, 3.63) is 35.6 Å². The highest BCUT2D eigenvalue weighted by Gasteiger charge is 2.50. The lowest BCUT2D eigenvalue weighted by molar-refractivity contribution is -0.145. The normalized spacial score (nSPS) is 31.3. The number of benzene rings is 1. The molecule has 0 aliphatic heterocycles. The molecule has 4 fully saturated rings. The highest BCUT2D eigenvalue weighted by atomic mass is 79.9. The quantitative estimate of drug-likeness (QED) is 0.434. The van der Waals surface area contributed by atoms with Crippen LogP contribution in [0.2, 0.25) is 0 Å². The summed E-state index contributed by atoms with van der Waals surface area (Å²) < 4.78 is 11.5. The molecule has 156 valence electrons. The van der Waals surface area contributed by atoms with E-state index in [1.807, 2.05) is 24.3 Å². The maximum atomic E-state index is 12.5. The largest absolute Gasteiger partial charge is 0.465 e. The second-order valence-corrected chi connectivity index (χ2v) is 10.4. The zero-order chi connectivity index (χ0) is 20.0. The molecule has 1 atom stereocenters. The monoisotopic (exact) mass is 460 g/mol. The maximum absolute atomic E-state index is 12.5. The van der Waals surface area contributed by atoms with Gasteiger partial charge in [0.1, 0.15) is 17.4 Å². The van der Waals surface area contributed by atoms with Gasteiger partial charge in [0.25, 0.3) is 0 Å². The van der Waals surface area contributed by atoms with Crippen LogP contribution in [-0.4, -0.2) is 23.0 Å². The molecule has 1 aromatic carbocycles. The third-order valence-electron chi connectivity index (χ3n) is 7.51. The van der Waals surface area contributed by atoms with Gasteiger partial charge < -0.3 is 14.3 Å². The minimum atomic E-state index is -0.692. The Morgan fingerprint density at radius 2 is 1.90 bits per heavy atom. The second-order valence-electron chi connectivity index (χ2n) is 9.72.